The Morgan fingerprint density at radius 2 is 1.88 bits per heavy atom. The van der Waals surface area contributed by atoms with Gasteiger partial charge in [0.1, 0.15) is 19.0 Å². The van der Waals surface area contributed by atoms with Crippen LogP contribution in [-0.4, -0.2) is 28.7 Å². The summed E-state index contributed by atoms with van der Waals surface area (Å²) in [6.45, 7) is 1.12. The summed E-state index contributed by atoms with van der Waals surface area (Å²) in [5.41, 5.74) is 0.766. The first-order chi connectivity index (χ1) is 11.5. The lowest BCUT2D eigenvalue weighted by atomic mass is 10.2. The van der Waals surface area contributed by atoms with E-state index in [1.54, 1.807) is 18.2 Å². The fourth-order valence-electron chi connectivity index (χ4n) is 2.27. The van der Waals surface area contributed by atoms with Crippen LogP contribution in [0, 0.1) is 0 Å². The first kappa shape index (κ1) is 16.9. The standard InChI is InChI=1S/C16H16ClNO5S/c1-21-14-5-3-12(9-13(14)17)24(19,20)18-10-11-2-4-15-16(8-11)23-7-6-22-15/h2-5,8-9,18H,6-7,10H2,1H3. The SMILES string of the molecule is COc1ccc(S(=O)(=O)NCc2ccc3c(c2)OCCO3)cc1Cl. The van der Waals surface area contributed by atoms with Crippen LogP contribution < -0.4 is 18.9 Å². The van der Waals surface area contributed by atoms with Crippen molar-refractivity contribution in [3.05, 3.63) is 47.0 Å². The number of rotatable bonds is 5. The number of methoxy groups -OCH3 is 1. The summed E-state index contributed by atoms with van der Waals surface area (Å²) >= 11 is 5.98. The van der Waals surface area contributed by atoms with Crippen molar-refractivity contribution in [2.45, 2.75) is 11.4 Å². The number of nitrogens with one attached hydrogen (secondary N) is 1. The zero-order chi connectivity index (χ0) is 17.2. The molecule has 128 valence electrons. The summed E-state index contributed by atoms with van der Waals surface area (Å²) in [6, 6.07) is 9.63. The molecule has 0 saturated carbocycles. The molecule has 0 fully saturated rings. The van der Waals surface area contributed by atoms with Gasteiger partial charge in [0.25, 0.3) is 0 Å². The van der Waals surface area contributed by atoms with Gasteiger partial charge in [-0.25, -0.2) is 13.1 Å². The zero-order valence-corrected chi connectivity index (χ0v) is 14.5. The molecule has 0 spiro atoms. The summed E-state index contributed by atoms with van der Waals surface area (Å²) in [6.07, 6.45) is 0. The molecule has 0 unspecified atom stereocenters. The van der Waals surface area contributed by atoms with Gasteiger partial charge in [-0.3, -0.25) is 0 Å². The van der Waals surface area contributed by atoms with Gasteiger partial charge in [-0.05, 0) is 35.9 Å². The van der Waals surface area contributed by atoms with Gasteiger partial charge in [-0.15, -0.1) is 0 Å². The molecule has 2 aromatic carbocycles. The van der Waals surface area contributed by atoms with E-state index in [4.69, 9.17) is 25.8 Å². The average Bonchev–Trinajstić information content (AvgIpc) is 2.60. The van der Waals surface area contributed by atoms with Crippen molar-refractivity contribution in [3.63, 3.8) is 0 Å². The van der Waals surface area contributed by atoms with Gasteiger partial charge < -0.3 is 14.2 Å². The smallest absolute Gasteiger partial charge is 0.240 e. The van der Waals surface area contributed by atoms with Crippen molar-refractivity contribution < 1.29 is 22.6 Å². The minimum atomic E-state index is -3.69. The first-order valence-electron chi connectivity index (χ1n) is 7.21. The van der Waals surface area contributed by atoms with E-state index in [-0.39, 0.29) is 16.5 Å². The van der Waals surface area contributed by atoms with Crippen LogP contribution in [0.25, 0.3) is 0 Å². The van der Waals surface area contributed by atoms with Crippen molar-refractivity contribution in [2.24, 2.45) is 0 Å². The van der Waals surface area contributed by atoms with Crippen molar-refractivity contribution in [1.29, 1.82) is 0 Å². The second kappa shape index (κ2) is 6.88. The minimum Gasteiger partial charge on any atom is -0.495 e. The molecule has 2 aromatic rings. The Morgan fingerprint density at radius 1 is 1.12 bits per heavy atom. The quantitative estimate of drug-likeness (QED) is 0.876. The first-order valence-corrected chi connectivity index (χ1v) is 9.07. The molecule has 1 heterocycles. The second-order valence-corrected chi connectivity index (χ2v) is 7.27. The van der Waals surface area contributed by atoms with Crippen LogP contribution in [0.4, 0.5) is 0 Å². The number of ether oxygens (including phenoxy) is 3. The maximum Gasteiger partial charge on any atom is 0.240 e. The molecule has 0 saturated heterocycles. The van der Waals surface area contributed by atoms with Gasteiger partial charge >= 0.3 is 0 Å². The highest BCUT2D eigenvalue weighted by Crippen LogP contribution is 2.31. The Labute approximate surface area is 145 Å². The number of hydrogen-bond acceptors (Lipinski definition) is 5. The molecule has 24 heavy (non-hydrogen) atoms. The monoisotopic (exact) mass is 369 g/mol. The highest BCUT2D eigenvalue weighted by molar-refractivity contribution is 7.89. The van der Waals surface area contributed by atoms with Crippen LogP contribution in [-0.2, 0) is 16.6 Å². The van der Waals surface area contributed by atoms with Crippen molar-refractivity contribution in [3.8, 4) is 17.2 Å². The number of hydrogen-bond donors (Lipinski definition) is 1. The van der Waals surface area contributed by atoms with Gasteiger partial charge in [0, 0.05) is 6.54 Å². The largest absolute Gasteiger partial charge is 0.495 e. The number of sulfonamides is 1. The molecule has 0 amide bonds. The lowest BCUT2D eigenvalue weighted by molar-refractivity contribution is 0.171. The van der Waals surface area contributed by atoms with Crippen LogP contribution in [0.2, 0.25) is 5.02 Å². The van der Waals surface area contributed by atoms with E-state index >= 15 is 0 Å². The summed E-state index contributed by atoms with van der Waals surface area (Å²) in [7, 11) is -2.22. The molecule has 6 nitrogen and oxygen atoms in total. The van der Waals surface area contributed by atoms with Crippen LogP contribution in [0.15, 0.2) is 41.3 Å². The molecular weight excluding hydrogens is 354 g/mol. The molecule has 0 radical (unpaired) electrons. The molecule has 1 N–H and O–H groups in total. The number of fused-ring (bicyclic) bond motifs is 1. The van der Waals surface area contributed by atoms with E-state index in [0.717, 1.165) is 5.56 Å². The van der Waals surface area contributed by atoms with Crippen molar-refractivity contribution in [1.82, 2.24) is 4.72 Å². The van der Waals surface area contributed by atoms with Crippen LogP contribution >= 0.6 is 11.6 Å². The van der Waals surface area contributed by atoms with Gasteiger partial charge in [0.15, 0.2) is 11.5 Å². The third-order valence-electron chi connectivity index (χ3n) is 3.51. The zero-order valence-electron chi connectivity index (χ0n) is 12.9. The number of halogens is 1. The maximum absolute atomic E-state index is 12.4. The molecule has 0 atom stereocenters. The normalized spacial score (nSPS) is 13.6. The van der Waals surface area contributed by atoms with E-state index in [1.807, 2.05) is 0 Å². The molecular formula is C16H16ClNO5S. The summed E-state index contributed by atoms with van der Waals surface area (Å²) < 4.78 is 43.2. The third-order valence-corrected chi connectivity index (χ3v) is 5.20. The van der Waals surface area contributed by atoms with E-state index < -0.39 is 10.0 Å². The second-order valence-electron chi connectivity index (χ2n) is 5.10. The number of benzene rings is 2. The Bertz CT molecular complexity index is 854. The molecule has 1 aliphatic heterocycles. The average molecular weight is 370 g/mol. The molecule has 3 rings (SSSR count). The molecule has 8 heteroatoms. The highest BCUT2D eigenvalue weighted by Gasteiger charge is 2.17. The highest BCUT2D eigenvalue weighted by atomic mass is 35.5. The fraction of sp³-hybridized carbons (Fsp3) is 0.250. The molecule has 0 bridgehead atoms. The summed E-state index contributed by atoms with van der Waals surface area (Å²) in [5, 5.41) is 0.236. The summed E-state index contributed by atoms with van der Waals surface area (Å²) in [5.74, 6) is 1.70. The predicted octanol–water partition coefficient (Wildman–Crippen LogP) is 2.60. The van der Waals surface area contributed by atoms with E-state index in [9.17, 15) is 8.42 Å². The Morgan fingerprint density at radius 3 is 2.58 bits per heavy atom. The van der Waals surface area contributed by atoms with E-state index in [2.05, 4.69) is 4.72 Å². The Balaban J connectivity index is 1.74. The van der Waals surface area contributed by atoms with E-state index in [1.165, 1.54) is 25.3 Å². The summed E-state index contributed by atoms with van der Waals surface area (Å²) in [4.78, 5) is 0.0749. The van der Waals surface area contributed by atoms with Gasteiger partial charge in [-0.1, -0.05) is 17.7 Å². The molecule has 0 aliphatic carbocycles. The Kier molecular flexibility index (Phi) is 4.84. The van der Waals surface area contributed by atoms with Crippen LogP contribution in [0.5, 0.6) is 17.2 Å². The van der Waals surface area contributed by atoms with Crippen LogP contribution in [0.3, 0.4) is 0 Å². The van der Waals surface area contributed by atoms with Gasteiger partial charge in [0.05, 0.1) is 17.0 Å². The molecule has 0 aromatic heterocycles. The van der Waals surface area contributed by atoms with Crippen molar-refractivity contribution in [2.75, 3.05) is 20.3 Å². The lowest BCUT2D eigenvalue weighted by Crippen LogP contribution is -2.23. The Hall–Kier alpha value is -1.96. The van der Waals surface area contributed by atoms with Gasteiger partial charge in [0.2, 0.25) is 10.0 Å². The minimum absolute atomic E-state index is 0.0749. The predicted molar refractivity (Wildman–Crippen MR) is 89.5 cm³/mol. The van der Waals surface area contributed by atoms with E-state index in [0.29, 0.717) is 30.5 Å². The van der Waals surface area contributed by atoms with Gasteiger partial charge in [-0.2, -0.15) is 0 Å². The topological polar surface area (TPSA) is 73.9 Å². The lowest BCUT2D eigenvalue weighted by Gasteiger charge is -2.19. The maximum atomic E-state index is 12.4. The molecule has 1 aliphatic rings. The van der Waals surface area contributed by atoms with Crippen LogP contribution in [0.1, 0.15) is 5.56 Å². The van der Waals surface area contributed by atoms with Crippen molar-refractivity contribution >= 4 is 21.6 Å². The third kappa shape index (κ3) is 3.58. The fourth-order valence-corrected chi connectivity index (χ4v) is 3.64.